The van der Waals surface area contributed by atoms with Gasteiger partial charge >= 0.3 is 0 Å². The highest BCUT2D eigenvalue weighted by atomic mass is 19.1. The molecule has 1 heterocycles. The molecule has 0 fully saturated rings. The van der Waals surface area contributed by atoms with Gasteiger partial charge in [-0.3, -0.25) is 4.68 Å². The van der Waals surface area contributed by atoms with Gasteiger partial charge in [0.05, 0.1) is 11.8 Å². The summed E-state index contributed by atoms with van der Waals surface area (Å²) in [6.45, 7) is 6.54. The van der Waals surface area contributed by atoms with Crippen LogP contribution in [0.2, 0.25) is 0 Å². The maximum atomic E-state index is 13.1. The molecule has 1 N–H and O–H groups in total. The highest BCUT2D eigenvalue weighted by molar-refractivity contribution is 5.29. The van der Waals surface area contributed by atoms with Gasteiger partial charge < -0.3 is 5.11 Å². The van der Waals surface area contributed by atoms with Crippen LogP contribution < -0.4 is 0 Å². The summed E-state index contributed by atoms with van der Waals surface area (Å²) >= 11 is 0. The number of halogens is 1. The maximum absolute atomic E-state index is 13.1. The number of rotatable bonds is 4. The molecule has 0 saturated heterocycles. The van der Waals surface area contributed by atoms with E-state index in [9.17, 15) is 9.50 Å². The van der Waals surface area contributed by atoms with Crippen LogP contribution in [0, 0.1) is 19.7 Å². The van der Waals surface area contributed by atoms with Crippen molar-refractivity contribution in [3.63, 3.8) is 0 Å². The second-order valence-corrected chi connectivity index (χ2v) is 4.81. The quantitative estimate of drug-likeness (QED) is 0.920. The molecule has 102 valence electrons. The zero-order valence-electron chi connectivity index (χ0n) is 11.5. The van der Waals surface area contributed by atoms with Crippen LogP contribution in [0.4, 0.5) is 4.39 Å². The number of aliphatic hydroxyl groups excluding tert-OH is 1. The molecular formula is C15H19FN2O. The Bertz CT molecular complexity index is 578. The average Bonchev–Trinajstić information content (AvgIpc) is 2.69. The second-order valence-electron chi connectivity index (χ2n) is 4.81. The van der Waals surface area contributed by atoms with E-state index < -0.39 is 6.10 Å². The summed E-state index contributed by atoms with van der Waals surface area (Å²) in [6.07, 6.45) is -0.150. The van der Waals surface area contributed by atoms with Gasteiger partial charge in [-0.05, 0) is 50.1 Å². The Labute approximate surface area is 112 Å². The first-order valence-corrected chi connectivity index (χ1v) is 6.48. The number of hydrogen-bond donors (Lipinski definition) is 1. The summed E-state index contributed by atoms with van der Waals surface area (Å²) in [5.41, 5.74) is 3.48. The summed E-state index contributed by atoms with van der Waals surface area (Å²) < 4.78 is 15.0. The van der Waals surface area contributed by atoms with E-state index in [-0.39, 0.29) is 5.82 Å². The molecule has 2 aromatic rings. The van der Waals surface area contributed by atoms with E-state index in [1.165, 1.54) is 12.1 Å². The fraction of sp³-hybridized carbons (Fsp3) is 0.400. The molecule has 1 aromatic heterocycles. The summed E-state index contributed by atoms with van der Waals surface area (Å²) in [5.74, 6) is -0.275. The fourth-order valence-corrected chi connectivity index (χ4v) is 2.36. The van der Waals surface area contributed by atoms with E-state index in [1.807, 2.05) is 31.5 Å². The second kappa shape index (κ2) is 5.53. The van der Waals surface area contributed by atoms with Gasteiger partial charge in [0.25, 0.3) is 0 Å². The third kappa shape index (κ3) is 3.01. The number of benzene rings is 1. The molecule has 1 atom stereocenters. The van der Waals surface area contributed by atoms with E-state index in [0.29, 0.717) is 6.42 Å². The Hall–Kier alpha value is -1.68. The van der Waals surface area contributed by atoms with Crippen molar-refractivity contribution in [2.45, 2.75) is 39.8 Å². The average molecular weight is 262 g/mol. The van der Waals surface area contributed by atoms with E-state index in [1.54, 1.807) is 6.07 Å². The van der Waals surface area contributed by atoms with Crippen LogP contribution >= 0.6 is 0 Å². The van der Waals surface area contributed by atoms with Gasteiger partial charge in [0, 0.05) is 18.7 Å². The number of aliphatic hydroxyl groups is 1. The lowest BCUT2D eigenvalue weighted by atomic mass is 10.00. The lowest BCUT2D eigenvalue weighted by molar-refractivity contribution is 0.174. The molecule has 0 aliphatic heterocycles. The molecule has 0 radical (unpaired) electrons. The predicted molar refractivity (Wildman–Crippen MR) is 72.4 cm³/mol. The van der Waals surface area contributed by atoms with Crippen molar-refractivity contribution in [2.75, 3.05) is 0 Å². The van der Waals surface area contributed by atoms with Gasteiger partial charge in [-0.25, -0.2) is 4.39 Å². The fourth-order valence-electron chi connectivity index (χ4n) is 2.36. The lowest BCUT2D eigenvalue weighted by Crippen LogP contribution is -2.09. The third-order valence-corrected chi connectivity index (χ3v) is 3.28. The standard InChI is InChI=1S/C15H19FN2O/c1-4-18-13(8-11(3)17-18)9-15(19)14-6-5-12(16)7-10(14)2/h5-8,15,19H,4,9H2,1-3H3. The molecular weight excluding hydrogens is 243 g/mol. The molecule has 0 amide bonds. The van der Waals surface area contributed by atoms with Crippen molar-refractivity contribution in [2.24, 2.45) is 0 Å². The van der Waals surface area contributed by atoms with Gasteiger partial charge in [-0.15, -0.1) is 0 Å². The van der Waals surface area contributed by atoms with E-state index in [2.05, 4.69) is 5.10 Å². The van der Waals surface area contributed by atoms with Crippen LogP contribution in [0.3, 0.4) is 0 Å². The van der Waals surface area contributed by atoms with Crippen LogP contribution in [0.15, 0.2) is 24.3 Å². The molecule has 3 nitrogen and oxygen atoms in total. The molecule has 0 aliphatic rings. The number of aromatic nitrogens is 2. The van der Waals surface area contributed by atoms with Gasteiger partial charge in [-0.1, -0.05) is 6.07 Å². The van der Waals surface area contributed by atoms with Gasteiger partial charge in [-0.2, -0.15) is 5.10 Å². The first kappa shape index (κ1) is 13.7. The summed E-state index contributed by atoms with van der Waals surface area (Å²) in [7, 11) is 0. The van der Waals surface area contributed by atoms with Crippen molar-refractivity contribution < 1.29 is 9.50 Å². The van der Waals surface area contributed by atoms with Gasteiger partial charge in [0.1, 0.15) is 5.82 Å². The molecule has 0 bridgehead atoms. The minimum absolute atomic E-state index is 0.275. The monoisotopic (exact) mass is 262 g/mol. The molecule has 4 heteroatoms. The Balaban J connectivity index is 2.22. The topological polar surface area (TPSA) is 38.0 Å². The number of aryl methyl sites for hydroxylation is 3. The minimum Gasteiger partial charge on any atom is -0.388 e. The van der Waals surface area contributed by atoms with Crippen molar-refractivity contribution >= 4 is 0 Å². The molecule has 1 unspecified atom stereocenters. The SMILES string of the molecule is CCn1nc(C)cc1CC(O)c1ccc(F)cc1C. The third-order valence-electron chi connectivity index (χ3n) is 3.28. The van der Waals surface area contributed by atoms with Crippen LogP contribution in [0.5, 0.6) is 0 Å². The minimum atomic E-state index is -0.637. The highest BCUT2D eigenvalue weighted by Crippen LogP contribution is 2.22. The molecule has 0 aliphatic carbocycles. The Kier molecular flexibility index (Phi) is 4.00. The lowest BCUT2D eigenvalue weighted by Gasteiger charge is -2.14. The summed E-state index contributed by atoms with van der Waals surface area (Å²) in [6, 6.07) is 6.45. The molecule has 0 saturated carbocycles. The largest absolute Gasteiger partial charge is 0.388 e. The predicted octanol–water partition coefficient (Wildman–Crippen LogP) is 2.94. The van der Waals surface area contributed by atoms with Crippen LogP contribution in [-0.4, -0.2) is 14.9 Å². The summed E-state index contributed by atoms with van der Waals surface area (Å²) in [4.78, 5) is 0. The van der Waals surface area contributed by atoms with Gasteiger partial charge in [0.15, 0.2) is 0 Å². The Morgan fingerprint density at radius 2 is 2.05 bits per heavy atom. The van der Waals surface area contributed by atoms with Crippen LogP contribution in [-0.2, 0) is 13.0 Å². The molecule has 1 aromatic carbocycles. The number of nitrogens with zero attached hydrogens (tertiary/aromatic N) is 2. The van der Waals surface area contributed by atoms with Crippen molar-refractivity contribution in [1.82, 2.24) is 9.78 Å². The first-order valence-electron chi connectivity index (χ1n) is 6.48. The van der Waals surface area contributed by atoms with E-state index >= 15 is 0 Å². The molecule has 19 heavy (non-hydrogen) atoms. The zero-order chi connectivity index (χ0) is 14.0. The van der Waals surface area contributed by atoms with Crippen molar-refractivity contribution in [3.05, 3.63) is 52.6 Å². The Morgan fingerprint density at radius 1 is 1.32 bits per heavy atom. The van der Waals surface area contributed by atoms with E-state index in [4.69, 9.17) is 0 Å². The first-order chi connectivity index (χ1) is 9.01. The smallest absolute Gasteiger partial charge is 0.123 e. The summed E-state index contributed by atoms with van der Waals surface area (Å²) in [5, 5.41) is 14.7. The van der Waals surface area contributed by atoms with Gasteiger partial charge in [0.2, 0.25) is 0 Å². The maximum Gasteiger partial charge on any atom is 0.123 e. The van der Waals surface area contributed by atoms with E-state index in [0.717, 1.165) is 29.1 Å². The highest BCUT2D eigenvalue weighted by Gasteiger charge is 2.15. The van der Waals surface area contributed by atoms with Crippen molar-refractivity contribution in [1.29, 1.82) is 0 Å². The zero-order valence-corrected chi connectivity index (χ0v) is 11.5. The molecule has 0 spiro atoms. The van der Waals surface area contributed by atoms with Crippen LogP contribution in [0.25, 0.3) is 0 Å². The van der Waals surface area contributed by atoms with Crippen molar-refractivity contribution in [3.8, 4) is 0 Å². The Morgan fingerprint density at radius 3 is 2.68 bits per heavy atom. The van der Waals surface area contributed by atoms with Crippen LogP contribution in [0.1, 0.15) is 35.5 Å². The normalized spacial score (nSPS) is 12.7. The molecule has 2 rings (SSSR count). The number of hydrogen-bond acceptors (Lipinski definition) is 2.